The molecule has 0 spiro atoms. The van der Waals surface area contributed by atoms with Gasteiger partial charge in [0, 0.05) is 6.42 Å². The number of carbonyl (C=O) groups excluding carboxylic acids is 1. The van der Waals surface area contributed by atoms with Gasteiger partial charge in [0.25, 0.3) is 0 Å². The van der Waals surface area contributed by atoms with Crippen LogP contribution in [0.3, 0.4) is 0 Å². The highest BCUT2D eigenvalue weighted by molar-refractivity contribution is 5.75. The summed E-state index contributed by atoms with van der Waals surface area (Å²) in [7, 11) is 0. The van der Waals surface area contributed by atoms with Crippen molar-refractivity contribution in [3.05, 3.63) is 0 Å². The van der Waals surface area contributed by atoms with Gasteiger partial charge in [0.15, 0.2) is 0 Å². The normalized spacial score (nSPS) is 12.2. The number of ether oxygens (including phenoxy) is 1. The molecule has 0 aliphatic carbocycles. The molecule has 0 saturated carbocycles. The molecule has 6 heteroatoms. The summed E-state index contributed by atoms with van der Waals surface area (Å²) < 4.78 is 4.36. The molecule has 6 nitrogen and oxygen atoms in total. The van der Waals surface area contributed by atoms with Gasteiger partial charge in [-0.25, -0.2) is 0 Å². The lowest BCUT2D eigenvalue weighted by Gasteiger charge is -2.04. The van der Waals surface area contributed by atoms with Crippen LogP contribution in [-0.2, 0) is 14.3 Å². The Hall–Kier alpha value is -1.14. The van der Waals surface area contributed by atoms with E-state index in [9.17, 15) is 9.59 Å². The highest BCUT2D eigenvalue weighted by Crippen LogP contribution is 1.96. The van der Waals surface area contributed by atoms with Crippen molar-refractivity contribution < 1.29 is 19.4 Å². The minimum absolute atomic E-state index is 0.0231. The number of esters is 1. The van der Waals surface area contributed by atoms with E-state index in [4.69, 9.17) is 16.6 Å². The first kappa shape index (κ1) is 10.9. The second-order valence-corrected chi connectivity index (χ2v) is 2.17. The third kappa shape index (κ3) is 4.64. The van der Waals surface area contributed by atoms with E-state index in [-0.39, 0.29) is 19.6 Å². The van der Waals surface area contributed by atoms with Gasteiger partial charge >= 0.3 is 11.9 Å². The number of aliphatic carboxylic acids is 1. The van der Waals surface area contributed by atoms with E-state index in [0.29, 0.717) is 0 Å². The van der Waals surface area contributed by atoms with Crippen LogP contribution >= 0.6 is 0 Å². The summed E-state index contributed by atoms with van der Waals surface area (Å²) in [6.07, 6.45) is 0.0405. The van der Waals surface area contributed by atoms with Crippen molar-refractivity contribution in [1.29, 1.82) is 0 Å². The average molecular weight is 176 g/mol. The summed E-state index contributed by atoms with van der Waals surface area (Å²) >= 11 is 0. The van der Waals surface area contributed by atoms with Crippen LogP contribution in [0.4, 0.5) is 0 Å². The highest BCUT2D eigenvalue weighted by Gasteiger charge is 2.13. The molecule has 0 aliphatic heterocycles. The van der Waals surface area contributed by atoms with Gasteiger partial charge in [-0.1, -0.05) is 0 Å². The predicted octanol–water partition coefficient (Wildman–Crippen LogP) is -1.36. The first-order valence-corrected chi connectivity index (χ1v) is 3.42. The first-order valence-electron chi connectivity index (χ1n) is 3.42. The van der Waals surface area contributed by atoms with E-state index < -0.39 is 18.0 Å². The molecule has 0 radical (unpaired) electrons. The lowest BCUT2D eigenvalue weighted by molar-refractivity contribution is -0.144. The molecule has 0 fully saturated rings. The van der Waals surface area contributed by atoms with Crippen LogP contribution in [0.5, 0.6) is 0 Å². The van der Waals surface area contributed by atoms with Gasteiger partial charge in [-0.15, -0.1) is 0 Å². The van der Waals surface area contributed by atoms with Crippen LogP contribution in [0.15, 0.2) is 0 Å². The maximum atomic E-state index is 10.6. The molecule has 70 valence electrons. The smallest absolute Gasteiger partial charge is 0.320 e. The maximum absolute atomic E-state index is 10.6. The van der Waals surface area contributed by atoms with Gasteiger partial charge in [0.1, 0.15) is 12.8 Å². The molecule has 0 aromatic rings. The number of hydrogen-bond acceptors (Lipinski definition) is 5. The van der Waals surface area contributed by atoms with Crippen molar-refractivity contribution in [1.82, 2.24) is 0 Å². The second kappa shape index (κ2) is 5.50. The molecular formula is C6H12N2O4. The number of carbonyl (C=O) groups is 2. The number of nitrogens with two attached hydrogens (primary N) is 2. The van der Waals surface area contributed by atoms with Crippen molar-refractivity contribution >= 4 is 11.9 Å². The Balaban J connectivity index is 3.54. The van der Waals surface area contributed by atoms with Gasteiger partial charge in [-0.3, -0.25) is 15.3 Å². The second-order valence-electron chi connectivity index (χ2n) is 2.17. The van der Waals surface area contributed by atoms with E-state index >= 15 is 0 Å². The standard InChI is InChI=1S/C6H12N2O4/c7-3-12-5(9)2-1-4(8)6(10)11/h4H,1-3,7-8H2,(H,10,11)/t4-/m0/s1. The molecule has 0 aromatic carbocycles. The van der Waals surface area contributed by atoms with Crippen molar-refractivity contribution in [3.63, 3.8) is 0 Å². The summed E-state index contributed by atoms with van der Waals surface area (Å²) in [5.41, 5.74) is 10.0. The zero-order valence-electron chi connectivity index (χ0n) is 6.53. The third-order valence-electron chi connectivity index (χ3n) is 1.22. The van der Waals surface area contributed by atoms with Gasteiger partial charge in [0.2, 0.25) is 0 Å². The monoisotopic (exact) mass is 176 g/mol. The summed E-state index contributed by atoms with van der Waals surface area (Å²) in [5.74, 6) is -1.66. The Labute approximate surface area is 69.5 Å². The zero-order valence-corrected chi connectivity index (χ0v) is 6.53. The van der Waals surface area contributed by atoms with E-state index in [1.807, 2.05) is 0 Å². The highest BCUT2D eigenvalue weighted by atomic mass is 16.5. The number of hydrogen-bond donors (Lipinski definition) is 3. The zero-order chi connectivity index (χ0) is 9.56. The van der Waals surface area contributed by atoms with E-state index in [1.165, 1.54) is 0 Å². The molecule has 0 aromatic heterocycles. The minimum Gasteiger partial charge on any atom is -0.480 e. The quantitative estimate of drug-likeness (QED) is 0.352. The topological polar surface area (TPSA) is 116 Å². The molecule has 12 heavy (non-hydrogen) atoms. The average Bonchev–Trinajstić information content (AvgIpc) is 2.00. The van der Waals surface area contributed by atoms with E-state index in [0.717, 1.165) is 0 Å². The van der Waals surface area contributed by atoms with Crippen molar-refractivity contribution in [2.75, 3.05) is 6.73 Å². The van der Waals surface area contributed by atoms with Gasteiger partial charge in [-0.05, 0) is 6.42 Å². The molecule has 0 unspecified atom stereocenters. The Kier molecular flexibility index (Phi) is 4.98. The number of carboxylic acid groups (broad SMARTS) is 1. The number of carboxylic acids is 1. The van der Waals surface area contributed by atoms with Crippen LogP contribution in [0.2, 0.25) is 0 Å². The maximum Gasteiger partial charge on any atom is 0.320 e. The summed E-state index contributed by atoms with van der Waals surface area (Å²) in [6.45, 7) is -0.193. The summed E-state index contributed by atoms with van der Waals surface area (Å²) in [6, 6.07) is -1.02. The fourth-order valence-electron chi connectivity index (χ4n) is 0.562. The van der Waals surface area contributed by atoms with Crippen molar-refractivity contribution in [3.8, 4) is 0 Å². The number of rotatable bonds is 5. The molecular weight excluding hydrogens is 164 g/mol. The fourth-order valence-corrected chi connectivity index (χ4v) is 0.562. The Morgan fingerprint density at radius 2 is 2.08 bits per heavy atom. The van der Waals surface area contributed by atoms with Crippen LogP contribution in [0, 0.1) is 0 Å². The van der Waals surface area contributed by atoms with E-state index in [2.05, 4.69) is 4.74 Å². The molecule has 0 saturated heterocycles. The Morgan fingerprint density at radius 3 is 2.50 bits per heavy atom. The Morgan fingerprint density at radius 1 is 1.50 bits per heavy atom. The van der Waals surface area contributed by atoms with Crippen LogP contribution in [0.1, 0.15) is 12.8 Å². The first-order chi connectivity index (χ1) is 5.57. The third-order valence-corrected chi connectivity index (χ3v) is 1.22. The van der Waals surface area contributed by atoms with Crippen LogP contribution < -0.4 is 11.5 Å². The summed E-state index contributed by atoms with van der Waals surface area (Å²) in [4.78, 5) is 20.8. The van der Waals surface area contributed by atoms with Crippen molar-refractivity contribution in [2.24, 2.45) is 11.5 Å². The lowest BCUT2D eigenvalue weighted by atomic mass is 10.2. The molecule has 0 heterocycles. The van der Waals surface area contributed by atoms with E-state index in [1.54, 1.807) is 0 Å². The van der Waals surface area contributed by atoms with Crippen molar-refractivity contribution in [2.45, 2.75) is 18.9 Å². The molecule has 0 aliphatic rings. The molecule has 1 atom stereocenters. The summed E-state index contributed by atoms with van der Waals surface area (Å²) in [5, 5.41) is 8.32. The van der Waals surface area contributed by atoms with Gasteiger partial charge < -0.3 is 15.6 Å². The Bertz CT molecular complexity index is 171. The van der Waals surface area contributed by atoms with Crippen LogP contribution in [0.25, 0.3) is 0 Å². The lowest BCUT2D eigenvalue weighted by Crippen LogP contribution is -2.30. The predicted molar refractivity (Wildman–Crippen MR) is 40.0 cm³/mol. The fraction of sp³-hybridized carbons (Fsp3) is 0.667. The molecule has 0 amide bonds. The molecule has 5 N–H and O–H groups in total. The molecule has 0 rings (SSSR count). The van der Waals surface area contributed by atoms with Crippen LogP contribution in [-0.4, -0.2) is 29.8 Å². The van der Waals surface area contributed by atoms with Gasteiger partial charge in [0.05, 0.1) is 0 Å². The largest absolute Gasteiger partial charge is 0.480 e. The van der Waals surface area contributed by atoms with Gasteiger partial charge in [-0.2, -0.15) is 0 Å². The SMILES string of the molecule is NCOC(=O)CC[C@H](N)C(=O)O. The molecule has 0 bridgehead atoms. The minimum atomic E-state index is -1.13.